The summed E-state index contributed by atoms with van der Waals surface area (Å²) in [6, 6.07) is 2.54. The predicted molar refractivity (Wildman–Crippen MR) is 70.2 cm³/mol. The van der Waals surface area contributed by atoms with Gasteiger partial charge in [0, 0.05) is 0 Å². The van der Waals surface area contributed by atoms with Gasteiger partial charge < -0.3 is 5.11 Å². The normalized spacial score (nSPS) is 28.4. The monoisotopic (exact) mass is 318 g/mol. The predicted octanol–water partition coefficient (Wildman–Crippen LogP) is 4.52. The van der Waals surface area contributed by atoms with E-state index in [0.29, 0.717) is 18.8 Å². The van der Waals surface area contributed by atoms with Gasteiger partial charge in [0.15, 0.2) is 0 Å². The van der Waals surface area contributed by atoms with Crippen molar-refractivity contribution >= 4 is 15.9 Å². The van der Waals surface area contributed by atoms with Crippen molar-refractivity contribution in [3.05, 3.63) is 33.8 Å². The Bertz CT molecular complexity index is 450. The summed E-state index contributed by atoms with van der Waals surface area (Å²) in [4.78, 5) is 0. The van der Waals surface area contributed by atoms with Crippen LogP contribution in [0.2, 0.25) is 0 Å². The van der Waals surface area contributed by atoms with Crippen LogP contribution in [0, 0.1) is 17.6 Å². The molecule has 2 unspecified atom stereocenters. The molecule has 1 saturated carbocycles. The Morgan fingerprint density at radius 1 is 1.44 bits per heavy atom. The van der Waals surface area contributed by atoms with Crippen LogP contribution in [0.3, 0.4) is 0 Å². The Hall–Kier alpha value is -0.480. The lowest BCUT2D eigenvalue weighted by molar-refractivity contribution is -0.0275. The number of hydrogen-bond acceptors (Lipinski definition) is 1. The molecule has 1 aromatic carbocycles. The van der Waals surface area contributed by atoms with Crippen molar-refractivity contribution in [2.75, 3.05) is 0 Å². The van der Waals surface area contributed by atoms with Crippen LogP contribution in [0.15, 0.2) is 16.6 Å². The SMILES string of the molecule is CCC1CCCC(O)(c2c(F)ccc(Br)c2F)C1. The average molecular weight is 319 g/mol. The second-order valence-electron chi connectivity index (χ2n) is 5.12. The van der Waals surface area contributed by atoms with E-state index in [-0.39, 0.29) is 10.0 Å². The molecular formula is C14H17BrF2O. The minimum atomic E-state index is -1.36. The van der Waals surface area contributed by atoms with Crippen LogP contribution >= 0.6 is 15.9 Å². The highest BCUT2D eigenvalue weighted by Crippen LogP contribution is 2.43. The first-order chi connectivity index (χ1) is 8.48. The number of benzene rings is 1. The topological polar surface area (TPSA) is 20.2 Å². The Labute approximate surface area is 114 Å². The highest BCUT2D eigenvalue weighted by molar-refractivity contribution is 9.10. The molecule has 0 radical (unpaired) electrons. The van der Waals surface area contributed by atoms with E-state index in [1.54, 1.807) is 0 Å². The number of aliphatic hydroxyl groups is 1. The molecule has 1 fully saturated rings. The maximum absolute atomic E-state index is 14.1. The first-order valence-electron chi connectivity index (χ1n) is 6.34. The molecule has 2 rings (SSSR count). The third-order valence-corrected chi connectivity index (χ3v) is 4.53. The van der Waals surface area contributed by atoms with Crippen LogP contribution < -0.4 is 0 Å². The summed E-state index contributed by atoms with van der Waals surface area (Å²) in [7, 11) is 0. The Balaban J connectivity index is 2.43. The quantitative estimate of drug-likeness (QED) is 0.795. The van der Waals surface area contributed by atoms with Gasteiger partial charge in [0.05, 0.1) is 15.6 Å². The second kappa shape index (κ2) is 5.25. The summed E-state index contributed by atoms with van der Waals surface area (Å²) in [6.07, 6.45) is 3.62. The smallest absolute Gasteiger partial charge is 0.146 e. The lowest BCUT2D eigenvalue weighted by Gasteiger charge is -2.37. The van der Waals surface area contributed by atoms with Gasteiger partial charge in [-0.05, 0) is 53.2 Å². The van der Waals surface area contributed by atoms with Crippen molar-refractivity contribution in [2.45, 2.75) is 44.6 Å². The van der Waals surface area contributed by atoms with Crippen LogP contribution in [0.1, 0.15) is 44.6 Å². The molecule has 4 heteroatoms. The maximum Gasteiger partial charge on any atom is 0.146 e. The Kier molecular flexibility index (Phi) is 4.07. The minimum absolute atomic E-state index is 0.171. The van der Waals surface area contributed by atoms with Crippen molar-refractivity contribution in [3.63, 3.8) is 0 Å². The molecule has 1 aromatic rings. The van der Waals surface area contributed by atoms with E-state index in [1.807, 2.05) is 6.92 Å². The highest BCUT2D eigenvalue weighted by Gasteiger charge is 2.39. The van der Waals surface area contributed by atoms with E-state index >= 15 is 0 Å². The Morgan fingerprint density at radius 3 is 2.83 bits per heavy atom. The molecule has 0 spiro atoms. The molecule has 100 valence electrons. The standard InChI is InChI=1S/C14H17BrF2O/c1-2-9-4-3-7-14(18,8-9)12-11(16)6-5-10(15)13(12)17/h5-6,9,18H,2-4,7-8H2,1H3. The maximum atomic E-state index is 14.1. The minimum Gasteiger partial charge on any atom is -0.385 e. The molecule has 1 nitrogen and oxygen atoms in total. The van der Waals surface area contributed by atoms with Gasteiger partial charge in [-0.3, -0.25) is 0 Å². The average Bonchev–Trinajstić information content (AvgIpc) is 2.34. The van der Waals surface area contributed by atoms with Crippen LogP contribution in [0.5, 0.6) is 0 Å². The lowest BCUT2D eigenvalue weighted by Crippen LogP contribution is -2.34. The van der Waals surface area contributed by atoms with Crippen LogP contribution in [0.25, 0.3) is 0 Å². The molecule has 0 saturated heterocycles. The number of hydrogen-bond donors (Lipinski definition) is 1. The molecule has 0 bridgehead atoms. The zero-order valence-electron chi connectivity index (χ0n) is 10.3. The first kappa shape index (κ1) is 13.9. The summed E-state index contributed by atoms with van der Waals surface area (Å²) in [5.41, 5.74) is -1.54. The van der Waals surface area contributed by atoms with Gasteiger partial charge >= 0.3 is 0 Å². The summed E-state index contributed by atoms with van der Waals surface area (Å²) >= 11 is 3.05. The molecule has 1 aliphatic carbocycles. The fourth-order valence-corrected chi connectivity index (χ4v) is 3.22. The lowest BCUT2D eigenvalue weighted by atomic mass is 9.73. The van der Waals surface area contributed by atoms with Crippen molar-refractivity contribution in [3.8, 4) is 0 Å². The molecular weight excluding hydrogens is 302 g/mol. The molecule has 18 heavy (non-hydrogen) atoms. The molecule has 0 heterocycles. The zero-order chi connectivity index (χ0) is 13.3. The third-order valence-electron chi connectivity index (χ3n) is 3.92. The third kappa shape index (κ3) is 2.45. The Morgan fingerprint density at radius 2 is 2.17 bits per heavy atom. The summed E-state index contributed by atoms with van der Waals surface area (Å²) in [5.74, 6) is -0.995. The largest absolute Gasteiger partial charge is 0.385 e. The molecule has 0 amide bonds. The van der Waals surface area contributed by atoms with E-state index in [0.717, 1.165) is 19.3 Å². The summed E-state index contributed by atoms with van der Waals surface area (Å²) in [6.45, 7) is 2.05. The van der Waals surface area contributed by atoms with Gasteiger partial charge in [0.1, 0.15) is 11.6 Å². The molecule has 0 aliphatic heterocycles. The van der Waals surface area contributed by atoms with Crippen molar-refractivity contribution in [1.29, 1.82) is 0 Å². The van der Waals surface area contributed by atoms with Gasteiger partial charge in [0.25, 0.3) is 0 Å². The van der Waals surface area contributed by atoms with E-state index in [9.17, 15) is 13.9 Å². The number of rotatable bonds is 2. The number of halogens is 3. The van der Waals surface area contributed by atoms with Gasteiger partial charge in [-0.25, -0.2) is 8.78 Å². The van der Waals surface area contributed by atoms with Crippen molar-refractivity contribution < 1.29 is 13.9 Å². The van der Waals surface area contributed by atoms with Gasteiger partial charge in [-0.1, -0.05) is 19.8 Å². The van der Waals surface area contributed by atoms with Crippen molar-refractivity contribution in [1.82, 2.24) is 0 Å². The second-order valence-corrected chi connectivity index (χ2v) is 5.97. The summed E-state index contributed by atoms with van der Waals surface area (Å²) in [5, 5.41) is 10.6. The van der Waals surface area contributed by atoms with Crippen molar-refractivity contribution in [2.24, 2.45) is 5.92 Å². The van der Waals surface area contributed by atoms with E-state index in [4.69, 9.17) is 0 Å². The van der Waals surface area contributed by atoms with E-state index in [2.05, 4.69) is 15.9 Å². The highest BCUT2D eigenvalue weighted by atomic mass is 79.9. The van der Waals surface area contributed by atoms with Gasteiger partial charge in [-0.2, -0.15) is 0 Å². The fourth-order valence-electron chi connectivity index (χ4n) is 2.89. The van der Waals surface area contributed by atoms with Crippen LogP contribution in [0.4, 0.5) is 8.78 Å². The summed E-state index contributed by atoms with van der Waals surface area (Å²) < 4.78 is 28.1. The molecule has 1 N–H and O–H groups in total. The zero-order valence-corrected chi connectivity index (χ0v) is 11.9. The van der Waals surface area contributed by atoms with Gasteiger partial charge in [0.2, 0.25) is 0 Å². The molecule has 2 atom stereocenters. The first-order valence-corrected chi connectivity index (χ1v) is 7.13. The van der Waals surface area contributed by atoms with E-state index in [1.165, 1.54) is 12.1 Å². The van der Waals surface area contributed by atoms with Crippen LogP contribution in [-0.4, -0.2) is 5.11 Å². The van der Waals surface area contributed by atoms with E-state index < -0.39 is 17.2 Å². The molecule has 1 aliphatic rings. The fraction of sp³-hybridized carbons (Fsp3) is 0.571. The van der Waals surface area contributed by atoms with Gasteiger partial charge in [-0.15, -0.1) is 0 Å². The molecule has 0 aromatic heterocycles. The van der Waals surface area contributed by atoms with Crippen LogP contribution in [-0.2, 0) is 5.60 Å².